The van der Waals surface area contributed by atoms with Crippen molar-refractivity contribution in [2.24, 2.45) is 0 Å². The van der Waals surface area contributed by atoms with E-state index in [0.29, 0.717) is 27.6 Å². The summed E-state index contributed by atoms with van der Waals surface area (Å²) in [6.07, 6.45) is 1.75. The first kappa shape index (κ1) is 19.2. The maximum Gasteiger partial charge on any atom is 0.321 e. The number of nitrogens with zero attached hydrogens (tertiary/aromatic N) is 1. The van der Waals surface area contributed by atoms with Crippen LogP contribution in [-0.4, -0.2) is 34.7 Å². The minimum Gasteiger partial charge on any atom is -0.464 e. The predicted molar refractivity (Wildman–Crippen MR) is 106 cm³/mol. The van der Waals surface area contributed by atoms with E-state index in [1.807, 2.05) is 12.3 Å². The SMILES string of the molecule is CNC(=O)NC(=O)CCS[C@H](C)c1nc2scc(-c3ccco3)c2c(=O)[nH]1. The average Bonchev–Trinajstić information content (AvgIpc) is 3.30. The van der Waals surface area contributed by atoms with Gasteiger partial charge >= 0.3 is 6.03 Å². The predicted octanol–water partition coefficient (Wildman–Crippen LogP) is 2.88. The van der Waals surface area contributed by atoms with E-state index in [2.05, 4.69) is 20.6 Å². The molecule has 8 nitrogen and oxygen atoms in total. The molecule has 1 atom stereocenters. The summed E-state index contributed by atoms with van der Waals surface area (Å²) in [5.74, 6) is 1.32. The van der Waals surface area contributed by atoms with E-state index in [9.17, 15) is 14.4 Å². The Morgan fingerprint density at radius 1 is 1.44 bits per heavy atom. The Labute approximate surface area is 162 Å². The lowest BCUT2D eigenvalue weighted by Crippen LogP contribution is -2.37. The van der Waals surface area contributed by atoms with Crippen molar-refractivity contribution in [1.29, 1.82) is 0 Å². The number of urea groups is 1. The van der Waals surface area contributed by atoms with Crippen molar-refractivity contribution in [2.75, 3.05) is 12.8 Å². The van der Waals surface area contributed by atoms with Gasteiger partial charge in [-0.1, -0.05) is 0 Å². The fourth-order valence-electron chi connectivity index (χ4n) is 2.43. The van der Waals surface area contributed by atoms with Crippen LogP contribution in [0.1, 0.15) is 24.4 Å². The van der Waals surface area contributed by atoms with E-state index >= 15 is 0 Å². The molecule has 0 saturated heterocycles. The van der Waals surface area contributed by atoms with E-state index in [1.54, 1.807) is 18.4 Å². The number of thioether (sulfide) groups is 1. The summed E-state index contributed by atoms with van der Waals surface area (Å²) >= 11 is 2.86. The molecule has 3 N–H and O–H groups in total. The molecule has 3 amide bonds. The summed E-state index contributed by atoms with van der Waals surface area (Å²) in [5, 5.41) is 6.80. The van der Waals surface area contributed by atoms with Gasteiger partial charge in [0.1, 0.15) is 16.4 Å². The highest BCUT2D eigenvalue weighted by Crippen LogP contribution is 2.32. The molecule has 0 spiro atoms. The van der Waals surface area contributed by atoms with Crippen LogP contribution >= 0.6 is 23.1 Å². The van der Waals surface area contributed by atoms with Crippen molar-refractivity contribution in [3.63, 3.8) is 0 Å². The summed E-state index contributed by atoms with van der Waals surface area (Å²) in [6, 6.07) is 3.05. The smallest absolute Gasteiger partial charge is 0.321 e. The van der Waals surface area contributed by atoms with Crippen LogP contribution in [0.2, 0.25) is 0 Å². The number of rotatable bonds is 6. The van der Waals surface area contributed by atoms with Crippen LogP contribution in [0.3, 0.4) is 0 Å². The van der Waals surface area contributed by atoms with Gasteiger partial charge in [0.15, 0.2) is 0 Å². The quantitative estimate of drug-likeness (QED) is 0.579. The first-order valence-corrected chi connectivity index (χ1v) is 10.1. The highest BCUT2D eigenvalue weighted by Gasteiger charge is 2.17. The number of carbonyl (C=O) groups is 2. The largest absolute Gasteiger partial charge is 0.464 e. The molecular formula is C17H18N4O4S2. The lowest BCUT2D eigenvalue weighted by atomic mass is 10.2. The topological polar surface area (TPSA) is 117 Å². The standard InChI is InChI=1S/C17H18N4O4S2/c1-9(26-7-5-12(22)19-17(24)18-2)14-20-15(23)13-10(8-27-16(13)21-14)11-4-3-6-25-11/h3-4,6,8-9H,5,7H2,1-2H3,(H,20,21,23)(H2,18,19,22,24)/t9-/m1/s1. The Balaban J connectivity index is 1.69. The van der Waals surface area contributed by atoms with Gasteiger partial charge in [-0.25, -0.2) is 9.78 Å². The number of carbonyl (C=O) groups excluding carboxylic acids is 2. The molecule has 142 valence electrons. The van der Waals surface area contributed by atoms with Gasteiger partial charge in [-0.05, 0) is 19.1 Å². The van der Waals surface area contributed by atoms with Gasteiger partial charge in [0.25, 0.3) is 5.56 Å². The van der Waals surface area contributed by atoms with Gasteiger partial charge in [0, 0.05) is 30.2 Å². The van der Waals surface area contributed by atoms with Gasteiger partial charge in [-0.3, -0.25) is 14.9 Å². The van der Waals surface area contributed by atoms with Crippen LogP contribution in [-0.2, 0) is 4.79 Å². The molecule has 27 heavy (non-hydrogen) atoms. The molecule has 0 fully saturated rings. The molecule has 3 aromatic rings. The van der Waals surface area contributed by atoms with Gasteiger partial charge in [-0.15, -0.1) is 11.3 Å². The number of H-pyrrole nitrogens is 1. The van der Waals surface area contributed by atoms with Gasteiger partial charge in [-0.2, -0.15) is 11.8 Å². The second-order valence-corrected chi connectivity index (χ2v) is 7.96. The molecule has 3 heterocycles. The first-order chi connectivity index (χ1) is 13.0. The number of nitrogens with one attached hydrogen (secondary N) is 3. The number of hydrogen-bond donors (Lipinski definition) is 3. The van der Waals surface area contributed by atoms with Crippen LogP contribution in [0.4, 0.5) is 4.79 Å². The zero-order valence-corrected chi connectivity index (χ0v) is 16.3. The zero-order valence-electron chi connectivity index (χ0n) is 14.7. The van der Waals surface area contributed by atoms with Crippen molar-refractivity contribution < 1.29 is 14.0 Å². The zero-order chi connectivity index (χ0) is 19.4. The molecule has 0 radical (unpaired) electrons. The molecule has 0 unspecified atom stereocenters. The molecule has 0 aliphatic carbocycles. The van der Waals surface area contributed by atoms with Crippen molar-refractivity contribution in [1.82, 2.24) is 20.6 Å². The lowest BCUT2D eigenvalue weighted by Gasteiger charge is -2.10. The van der Waals surface area contributed by atoms with E-state index in [1.165, 1.54) is 30.1 Å². The van der Waals surface area contributed by atoms with Crippen molar-refractivity contribution >= 4 is 45.3 Å². The Kier molecular flexibility index (Phi) is 5.97. The first-order valence-electron chi connectivity index (χ1n) is 8.18. The van der Waals surface area contributed by atoms with Crippen molar-refractivity contribution in [2.45, 2.75) is 18.6 Å². The maximum atomic E-state index is 12.6. The van der Waals surface area contributed by atoms with E-state index in [0.717, 1.165) is 5.56 Å². The Hall–Kier alpha value is -2.59. The molecular weight excluding hydrogens is 388 g/mol. The third-order valence-electron chi connectivity index (χ3n) is 3.81. The van der Waals surface area contributed by atoms with Crippen LogP contribution < -0.4 is 16.2 Å². The Morgan fingerprint density at radius 3 is 2.96 bits per heavy atom. The van der Waals surface area contributed by atoms with Gasteiger partial charge in [0.05, 0.1) is 16.9 Å². The number of thiophene rings is 1. The summed E-state index contributed by atoms with van der Waals surface area (Å²) in [6.45, 7) is 1.91. The highest BCUT2D eigenvalue weighted by atomic mass is 32.2. The molecule has 3 aromatic heterocycles. The van der Waals surface area contributed by atoms with Crippen LogP contribution in [0.15, 0.2) is 33.0 Å². The van der Waals surface area contributed by atoms with Crippen LogP contribution in [0.25, 0.3) is 21.5 Å². The summed E-state index contributed by atoms with van der Waals surface area (Å²) in [5.41, 5.74) is 0.513. The molecule has 0 bridgehead atoms. The number of aromatic amines is 1. The molecule has 0 aliphatic rings. The third kappa shape index (κ3) is 4.40. The van der Waals surface area contributed by atoms with Crippen LogP contribution in [0, 0.1) is 0 Å². The maximum absolute atomic E-state index is 12.6. The molecule has 0 saturated carbocycles. The fraction of sp³-hybridized carbons (Fsp3) is 0.294. The number of amides is 3. The van der Waals surface area contributed by atoms with Gasteiger partial charge < -0.3 is 14.7 Å². The summed E-state index contributed by atoms with van der Waals surface area (Å²) in [7, 11) is 1.44. The van der Waals surface area contributed by atoms with Crippen molar-refractivity contribution in [3.05, 3.63) is 40.0 Å². The number of hydrogen-bond acceptors (Lipinski definition) is 7. The lowest BCUT2D eigenvalue weighted by molar-refractivity contribution is -0.119. The van der Waals surface area contributed by atoms with E-state index in [-0.39, 0.29) is 23.1 Å². The molecule has 3 rings (SSSR count). The number of fused-ring (bicyclic) bond motifs is 1. The van der Waals surface area contributed by atoms with Gasteiger partial charge in [0.2, 0.25) is 5.91 Å². The second kappa shape index (κ2) is 8.40. The summed E-state index contributed by atoms with van der Waals surface area (Å²) < 4.78 is 5.39. The monoisotopic (exact) mass is 406 g/mol. The molecule has 0 aliphatic heterocycles. The normalized spacial score (nSPS) is 12.1. The number of aromatic nitrogens is 2. The Bertz CT molecular complexity index is 1010. The average molecular weight is 406 g/mol. The van der Waals surface area contributed by atoms with Crippen LogP contribution in [0.5, 0.6) is 0 Å². The van der Waals surface area contributed by atoms with Crippen molar-refractivity contribution in [3.8, 4) is 11.3 Å². The number of furan rings is 1. The minimum atomic E-state index is -0.528. The van der Waals surface area contributed by atoms with E-state index < -0.39 is 6.03 Å². The third-order valence-corrected chi connectivity index (χ3v) is 5.85. The molecule has 0 aromatic carbocycles. The molecule has 10 heteroatoms. The summed E-state index contributed by atoms with van der Waals surface area (Å²) in [4.78, 5) is 43.3. The number of imide groups is 1. The second-order valence-electron chi connectivity index (χ2n) is 5.65. The van der Waals surface area contributed by atoms with E-state index in [4.69, 9.17) is 4.42 Å². The fourth-order valence-corrected chi connectivity index (χ4v) is 4.29. The Morgan fingerprint density at radius 2 is 2.26 bits per heavy atom. The highest BCUT2D eigenvalue weighted by molar-refractivity contribution is 7.99. The minimum absolute atomic E-state index is 0.107.